The summed E-state index contributed by atoms with van der Waals surface area (Å²) in [5.41, 5.74) is 9.72. The number of aromatic amines is 1. The Morgan fingerprint density at radius 3 is 2.44 bits per heavy atom. The monoisotopic (exact) mass is 558 g/mol. The lowest BCUT2D eigenvalue weighted by molar-refractivity contribution is 0.0173. The third-order valence-electron chi connectivity index (χ3n) is 7.01. The molecule has 3 heterocycles. The number of fused-ring (bicyclic) bond motifs is 1. The molecule has 0 saturated heterocycles. The highest BCUT2D eigenvalue weighted by atomic mass is 35.5. The van der Waals surface area contributed by atoms with Gasteiger partial charge in [-0.1, -0.05) is 85.6 Å². The van der Waals surface area contributed by atoms with Gasteiger partial charge in [-0.25, -0.2) is 9.88 Å². The maximum absolute atomic E-state index is 6.42. The van der Waals surface area contributed by atoms with Gasteiger partial charge >= 0.3 is 0 Å². The van der Waals surface area contributed by atoms with Gasteiger partial charge in [-0.3, -0.25) is 5.43 Å². The summed E-state index contributed by atoms with van der Waals surface area (Å²) in [6.07, 6.45) is 1.55. The predicted molar refractivity (Wildman–Crippen MR) is 158 cm³/mol. The number of nitrogens with zero attached hydrogens (tertiary/aromatic N) is 4. The van der Waals surface area contributed by atoms with Crippen molar-refractivity contribution in [3.63, 3.8) is 0 Å². The van der Waals surface area contributed by atoms with E-state index in [1.165, 1.54) is 0 Å². The second-order valence-electron chi connectivity index (χ2n) is 9.36. The molecule has 1 aliphatic heterocycles. The summed E-state index contributed by atoms with van der Waals surface area (Å²) in [4.78, 5) is 10.6. The van der Waals surface area contributed by atoms with Crippen molar-refractivity contribution in [1.29, 1.82) is 0 Å². The quantitative estimate of drug-likeness (QED) is 0.216. The van der Waals surface area contributed by atoms with Gasteiger partial charge < -0.3 is 14.3 Å². The maximum Gasteiger partial charge on any atom is 0.258 e. The van der Waals surface area contributed by atoms with Crippen molar-refractivity contribution in [3.05, 3.63) is 100 Å². The van der Waals surface area contributed by atoms with Crippen molar-refractivity contribution in [1.82, 2.24) is 24.9 Å². The average molecular weight is 560 g/mol. The number of hydrogen-bond donors (Lipinski definition) is 2. The van der Waals surface area contributed by atoms with Crippen LogP contribution in [0.5, 0.6) is 0 Å². The van der Waals surface area contributed by atoms with E-state index in [9.17, 15) is 0 Å². The van der Waals surface area contributed by atoms with Crippen LogP contribution in [0.3, 0.4) is 0 Å². The average Bonchev–Trinajstić information content (AvgIpc) is 3.68. The van der Waals surface area contributed by atoms with E-state index in [4.69, 9.17) is 32.9 Å². The normalized spacial score (nSPS) is 15.0. The van der Waals surface area contributed by atoms with Crippen molar-refractivity contribution in [2.24, 2.45) is 5.10 Å². The van der Waals surface area contributed by atoms with E-state index in [1.54, 1.807) is 0 Å². The Balaban J connectivity index is 1.55. The molecule has 198 valence electrons. The largest absolute Gasteiger partial charge is 0.436 e. The summed E-state index contributed by atoms with van der Waals surface area (Å²) < 4.78 is 8.53. The Morgan fingerprint density at radius 1 is 0.949 bits per heavy atom. The summed E-state index contributed by atoms with van der Waals surface area (Å²) in [6, 6.07) is 24.0. The highest BCUT2D eigenvalue weighted by Crippen LogP contribution is 2.40. The fourth-order valence-electron chi connectivity index (χ4n) is 5.03. The van der Waals surface area contributed by atoms with Crippen LogP contribution in [0, 0.1) is 0 Å². The number of nitrogens with one attached hydrogen (secondary N) is 2. The minimum absolute atomic E-state index is 0.342. The number of H-pyrrole nitrogens is 1. The topological polar surface area (TPSA) is 70.5 Å². The van der Waals surface area contributed by atoms with Crippen LogP contribution in [-0.2, 0) is 11.3 Å². The molecule has 6 rings (SSSR count). The van der Waals surface area contributed by atoms with Crippen molar-refractivity contribution < 1.29 is 4.74 Å². The highest BCUT2D eigenvalue weighted by molar-refractivity contribution is 6.31. The van der Waals surface area contributed by atoms with Crippen LogP contribution in [0.4, 0.5) is 0 Å². The Kier molecular flexibility index (Phi) is 7.04. The van der Waals surface area contributed by atoms with E-state index in [2.05, 4.69) is 51.0 Å². The smallest absolute Gasteiger partial charge is 0.258 e. The molecule has 0 amide bonds. The molecule has 9 heteroatoms. The predicted octanol–water partition coefficient (Wildman–Crippen LogP) is 6.96. The van der Waals surface area contributed by atoms with E-state index in [-0.39, 0.29) is 6.35 Å². The van der Waals surface area contributed by atoms with Crippen molar-refractivity contribution in [2.45, 2.75) is 26.7 Å². The van der Waals surface area contributed by atoms with Crippen LogP contribution < -0.4 is 5.43 Å². The van der Waals surface area contributed by atoms with Crippen LogP contribution in [0.1, 0.15) is 25.1 Å². The molecule has 39 heavy (non-hydrogen) atoms. The zero-order chi connectivity index (χ0) is 26.9. The third kappa shape index (κ3) is 4.89. The molecule has 7 nitrogen and oxygen atoms in total. The van der Waals surface area contributed by atoms with Gasteiger partial charge in [-0.05, 0) is 29.8 Å². The minimum Gasteiger partial charge on any atom is -0.436 e. The van der Waals surface area contributed by atoms with Crippen LogP contribution in [0.15, 0.2) is 84.2 Å². The number of hydrogen-bond acceptors (Lipinski definition) is 5. The molecule has 1 atom stereocenters. The molecule has 1 unspecified atom stereocenters. The molecule has 0 bridgehead atoms. The lowest BCUT2D eigenvalue weighted by atomic mass is 10.0. The first-order valence-corrected chi connectivity index (χ1v) is 13.7. The first kappa shape index (κ1) is 25.5. The number of ether oxygens (including phenoxy) is 1. The maximum atomic E-state index is 6.42. The second-order valence-corrected chi connectivity index (χ2v) is 10.2. The number of imidazole rings is 1. The van der Waals surface area contributed by atoms with Crippen molar-refractivity contribution in [3.8, 4) is 22.5 Å². The van der Waals surface area contributed by atoms with Gasteiger partial charge in [0.15, 0.2) is 0 Å². The zero-order valence-electron chi connectivity index (χ0n) is 21.7. The molecule has 5 aromatic rings. The van der Waals surface area contributed by atoms with Gasteiger partial charge in [0.2, 0.25) is 6.35 Å². The first-order valence-electron chi connectivity index (χ1n) is 13.0. The molecular weight excluding hydrogens is 531 g/mol. The van der Waals surface area contributed by atoms with Crippen LogP contribution in [-0.4, -0.2) is 44.8 Å². The molecule has 1 aliphatic rings. The van der Waals surface area contributed by atoms with Crippen LogP contribution >= 0.6 is 23.2 Å². The number of halogens is 2. The van der Waals surface area contributed by atoms with Gasteiger partial charge in [0.25, 0.3) is 5.90 Å². The third-order valence-corrected chi connectivity index (χ3v) is 7.49. The standard InChI is InChI=1S/C30H28Cl2N6O/c1-3-37(4-2)30-36-35-29(39-30)27-25(23-15-14-22(32)16-24(23)34-27)28-26(20-8-6-5-7-9-20)33-18-38(28)17-19-10-12-21(31)13-11-19/h5-16,18,30,34,36H,3-4,17H2,1-2H3. The van der Waals surface area contributed by atoms with Gasteiger partial charge in [-0.2, -0.15) is 0 Å². The van der Waals surface area contributed by atoms with Gasteiger partial charge in [0.1, 0.15) is 5.69 Å². The SMILES string of the molecule is CCN(CC)C1NN=C(c2[nH]c3cc(Cl)ccc3c2-c2c(-c3ccccc3)ncn2Cc2ccc(Cl)cc2)O1. The highest BCUT2D eigenvalue weighted by Gasteiger charge is 2.31. The Hall–Kier alpha value is -3.78. The summed E-state index contributed by atoms with van der Waals surface area (Å²) in [7, 11) is 0. The lowest BCUT2D eigenvalue weighted by Crippen LogP contribution is -2.42. The summed E-state index contributed by atoms with van der Waals surface area (Å²) in [5, 5.41) is 6.97. The fourth-order valence-corrected chi connectivity index (χ4v) is 5.33. The van der Waals surface area contributed by atoms with Crippen LogP contribution in [0.2, 0.25) is 10.0 Å². The molecule has 0 saturated carbocycles. The van der Waals surface area contributed by atoms with E-state index >= 15 is 0 Å². The zero-order valence-corrected chi connectivity index (χ0v) is 23.2. The molecule has 2 aromatic heterocycles. The number of benzene rings is 3. The molecule has 2 N–H and O–H groups in total. The first-order chi connectivity index (χ1) is 19.1. The molecule has 0 aliphatic carbocycles. The molecule has 0 fully saturated rings. The summed E-state index contributed by atoms with van der Waals surface area (Å²) >= 11 is 12.6. The van der Waals surface area contributed by atoms with E-state index < -0.39 is 0 Å². The van der Waals surface area contributed by atoms with Gasteiger partial charge in [0, 0.05) is 51.7 Å². The Bertz CT molecular complexity index is 1640. The number of aromatic nitrogens is 3. The lowest BCUT2D eigenvalue weighted by Gasteiger charge is -2.24. The molecule has 3 aromatic carbocycles. The summed E-state index contributed by atoms with van der Waals surface area (Å²) in [5.74, 6) is 0.493. The Morgan fingerprint density at radius 2 is 1.69 bits per heavy atom. The Labute approximate surface area is 237 Å². The van der Waals surface area contributed by atoms with E-state index in [0.29, 0.717) is 22.5 Å². The number of hydrazone groups is 1. The van der Waals surface area contributed by atoms with Crippen molar-refractivity contribution in [2.75, 3.05) is 13.1 Å². The number of rotatable bonds is 8. The van der Waals surface area contributed by atoms with Crippen LogP contribution in [0.25, 0.3) is 33.4 Å². The molecular formula is C30H28Cl2N6O. The minimum atomic E-state index is -0.342. The molecule has 0 spiro atoms. The van der Waals surface area contributed by atoms with Gasteiger partial charge in [-0.15, -0.1) is 5.10 Å². The van der Waals surface area contributed by atoms with E-state index in [1.807, 2.05) is 67.0 Å². The van der Waals surface area contributed by atoms with Crippen molar-refractivity contribution >= 4 is 40.0 Å². The second kappa shape index (κ2) is 10.8. The van der Waals surface area contributed by atoms with E-state index in [0.717, 1.165) is 57.8 Å². The fraction of sp³-hybridized carbons (Fsp3) is 0.200. The van der Waals surface area contributed by atoms with Gasteiger partial charge in [0.05, 0.1) is 17.7 Å². The summed E-state index contributed by atoms with van der Waals surface area (Å²) in [6.45, 7) is 6.48. The molecule has 0 radical (unpaired) electrons.